The Morgan fingerprint density at radius 1 is 1.09 bits per heavy atom. The highest BCUT2D eigenvalue weighted by Gasteiger charge is 2.38. The molecular formula is C46H52ClFN6O9S. The van der Waals surface area contributed by atoms with E-state index in [1.165, 1.54) is 48.9 Å². The Hall–Kier alpha value is -5.62. The summed E-state index contributed by atoms with van der Waals surface area (Å²) in [5.74, 6) is -1.11. The van der Waals surface area contributed by atoms with Gasteiger partial charge >= 0.3 is 11.9 Å². The van der Waals surface area contributed by atoms with Crippen molar-refractivity contribution in [2.75, 3.05) is 53.7 Å². The van der Waals surface area contributed by atoms with E-state index in [4.69, 9.17) is 35.5 Å². The van der Waals surface area contributed by atoms with Gasteiger partial charge in [-0.25, -0.2) is 19.0 Å². The molecule has 3 aliphatic rings. The summed E-state index contributed by atoms with van der Waals surface area (Å²) in [7, 11) is 2.83. The molecule has 15 nitrogen and oxygen atoms in total. The molecule has 2 aromatic heterocycles. The van der Waals surface area contributed by atoms with Crippen LogP contribution in [0.3, 0.4) is 0 Å². The largest absolute Gasteiger partial charge is 0.493 e. The number of hydrogen-bond acceptors (Lipinski definition) is 13. The highest BCUT2D eigenvalue weighted by atomic mass is 35.5. The molecule has 1 amide bonds. The molecule has 0 spiro atoms. The van der Waals surface area contributed by atoms with E-state index in [2.05, 4.69) is 36.4 Å². The molecule has 4 aromatic rings. The summed E-state index contributed by atoms with van der Waals surface area (Å²) in [5.41, 5.74) is 2.44. The number of fused-ring (bicyclic) bond motifs is 3. The SMILES string of the molecule is COC(=O)C1=C(CN2CCOC[C@H]2C(=O)NCCCCCCOc2cc3c(cc2OC)-c2cc(=O)c(C(=O)O)cn2C(C(C)(C)C)C3)NC(c2nccs2)=N[C@H]1c1ccc(F)cc1Cl. The second-order valence-electron chi connectivity index (χ2n) is 16.9. The number of methoxy groups -OCH3 is 2. The first-order valence-corrected chi connectivity index (χ1v) is 22.4. The third-order valence-corrected chi connectivity index (χ3v) is 12.8. The van der Waals surface area contributed by atoms with Gasteiger partial charge in [-0.15, -0.1) is 11.3 Å². The molecule has 18 heteroatoms. The molecule has 1 unspecified atom stereocenters. The summed E-state index contributed by atoms with van der Waals surface area (Å²) in [6.45, 7) is 8.27. The minimum absolute atomic E-state index is 0.101. The third kappa shape index (κ3) is 10.2. The third-order valence-electron chi connectivity index (χ3n) is 11.7. The zero-order valence-corrected chi connectivity index (χ0v) is 37.9. The van der Waals surface area contributed by atoms with Crippen LogP contribution in [0.1, 0.15) is 85.0 Å². The number of carbonyl (C=O) groups is 3. The first-order chi connectivity index (χ1) is 30.7. The lowest BCUT2D eigenvalue weighted by Crippen LogP contribution is -2.55. The Morgan fingerprint density at radius 3 is 2.59 bits per heavy atom. The Morgan fingerprint density at radius 2 is 1.89 bits per heavy atom. The second kappa shape index (κ2) is 20.0. The van der Waals surface area contributed by atoms with Crippen LogP contribution >= 0.6 is 22.9 Å². The number of aromatic carboxylic acids is 1. The number of amides is 1. The minimum atomic E-state index is -1.25. The van der Waals surface area contributed by atoms with Crippen LogP contribution in [0.5, 0.6) is 11.5 Å². The molecular weight excluding hydrogens is 867 g/mol. The predicted molar refractivity (Wildman–Crippen MR) is 240 cm³/mol. The Balaban J connectivity index is 0.951. The summed E-state index contributed by atoms with van der Waals surface area (Å²) in [6, 6.07) is 7.46. The van der Waals surface area contributed by atoms with Gasteiger partial charge in [-0.05, 0) is 54.5 Å². The van der Waals surface area contributed by atoms with Crippen LogP contribution < -0.4 is 25.5 Å². The summed E-state index contributed by atoms with van der Waals surface area (Å²) < 4.78 is 38.9. The van der Waals surface area contributed by atoms with Gasteiger partial charge in [0.1, 0.15) is 23.5 Å². The van der Waals surface area contributed by atoms with Crippen LogP contribution in [-0.2, 0) is 25.5 Å². The number of morpholine rings is 1. The number of hydrogen-bond donors (Lipinski definition) is 3. The molecule has 3 atom stereocenters. The van der Waals surface area contributed by atoms with E-state index in [1.807, 2.05) is 21.6 Å². The molecule has 340 valence electrons. The monoisotopic (exact) mass is 918 g/mol. The first kappa shape index (κ1) is 46.4. The maximum atomic E-state index is 14.1. The summed E-state index contributed by atoms with van der Waals surface area (Å²) in [5, 5.41) is 18.5. The number of aromatic nitrogens is 2. The fourth-order valence-corrected chi connectivity index (χ4v) is 9.19. The van der Waals surface area contributed by atoms with Gasteiger partial charge in [-0.1, -0.05) is 51.3 Å². The number of pyridine rings is 1. The van der Waals surface area contributed by atoms with Crippen molar-refractivity contribution in [3.05, 3.63) is 108 Å². The number of esters is 1. The van der Waals surface area contributed by atoms with Gasteiger partial charge in [0.15, 0.2) is 27.8 Å². The Labute approximate surface area is 379 Å². The predicted octanol–water partition coefficient (Wildman–Crippen LogP) is 6.59. The van der Waals surface area contributed by atoms with Crippen LogP contribution in [0.25, 0.3) is 11.3 Å². The van der Waals surface area contributed by atoms with Crippen LogP contribution in [0.15, 0.2) is 75.2 Å². The molecule has 0 radical (unpaired) electrons. The summed E-state index contributed by atoms with van der Waals surface area (Å²) in [4.78, 5) is 62.9. The smallest absolute Gasteiger partial charge is 0.341 e. The number of carboxylic acid groups (broad SMARTS) is 1. The molecule has 64 heavy (non-hydrogen) atoms. The van der Waals surface area contributed by atoms with Crippen LogP contribution in [0.2, 0.25) is 5.02 Å². The number of nitrogens with zero attached hydrogens (tertiary/aromatic N) is 4. The van der Waals surface area contributed by atoms with Gasteiger partial charge in [-0.2, -0.15) is 0 Å². The summed E-state index contributed by atoms with van der Waals surface area (Å²) in [6.07, 6.45) is 6.92. The van der Waals surface area contributed by atoms with Crippen molar-refractivity contribution < 1.29 is 42.8 Å². The number of halogens is 2. The topological polar surface area (TPSA) is 183 Å². The molecule has 1 fully saturated rings. The maximum absolute atomic E-state index is 14.1. The molecule has 5 heterocycles. The van der Waals surface area contributed by atoms with E-state index in [-0.39, 0.29) is 46.7 Å². The molecule has 3 N–H and O–H groups in total. The molecule has 0 saturated carbocycles. The molecule has 0 bridgehead atoms. The fourth-order valence-electron chi connectivity index (χ4n) is 8.33. The van der Waals surface area contributed by atoms with E-state index in [9.17, 15) is 28.7 Å². The van der Waals surface area contributed by atoms with E-state index in [1.54, 1.807) is 18.7 Å². The number of unbranched alkanes of at least 4 members (excludes halogenated alkanes) is 3. The van der Waals surface area contributed by atoms with Crippen molar-refractivity contribution in [1.29, 1.82) is 0 Å². The number of nitrogens with one attached hydrogen (secondary N) is 2. The van der Waals surface area contributed by atoms with E-state index < -0.39 is 35.3 Å². The van der Waals surface area contributed by atoms with Crippen LogP contribution in [-0.4, -0.2) is 103 Å². The van der Waals surface area contributed by atoms with Gasteiger partial charge in [0.2, 0.25) is 5.91 Å². The Bertz CT molecular complexity index is 2520. The molecule has 1 saturated heterocycles. The normalized spacial score (nSPS) is 18.6. The lowest BCUT2D eigenvalue weighted by atomic mass is 9.78. The van der Waals surface area contributed by atoms with E-state index in [0.717, 1.165) is 36.8 Å². The number of rotatable bonds is 16. The number of carboxylic acids is 1. The lowest BCUT2D eigenvalue weighted by Gasteiger charge is -2.39. The second-order valence-corrected chi connectivity index (χ2v) is 18.2. The van der Waals surface area contributed by atoms with Gasteiger partial charge < -0.3 is 39.3 Å². The number of thiazole rings is 1. The van der Waals surface area contributed by atoms with Crippen molar-refractivity contribution in [3.8, 4) is 22.8 Å². The van der Waals surface area contributed by atoms with Crippen molar-refractivity contribution in [2.24, 2.45) is 10.4 Å². The Kier molecular flexibility index (Phi) is 14.5. The highest BCUT2D eigenvalue weighted by molar-refractivity contribution is 7.11. The molecule has 3 aliphatic heterocycles. The van der Waals surface area contributed by atoms with Crippen molar-refractivity contribution in [2.45, 2.75) is 71.0 Å². The number of aliphatic imine (C=N–C) groups is 1. The van der Waals surface area contributed by atoms with Crippen molar-refractivity contribution in [3.63, 3.8) is 0 Å². The lowest BCUT2D eigenvalue weighted by molar-refractivity contribution is -0.136. The average molecular weight is 919 g/mol. The van der Waals surface area contributed by atoms with E-state index in [0.29, 0.717) is 72.0 Å². The number of benzene rings is 2. The maximum Gasteiger partial charge on any atom is 0.341 e. The van der Waals surface area contributed by atoms with Gasteiger partial charge in [-0.3, -0.25) is 19.5 Å². The zero-order valence-electron chi connectivity index (χ0n) is 36.4. The molecule has 0 aliphatic carbocycles. The van der Waals surface area contributed by atoms with Crippen LogP contribution in [0, 0.1) is 11.2 Å². The van der Waals surface area contributed by atoms with Gasteiger partial charge in [0.25, 0.3) is 0 Å². The quantitative estimate of drug-likeness (QED) is 0.0812. The number of carbonyl (C=O) groups excluding carboxylic acids is 2. The van der Waals surface area contributed by atoms with Crippen molar-refractivity contribution in [1.82, 2.24) is 25.1 Å². The zero-order chi connectivity index (χ0) is 45.7. The van der Waals surface area contributed by atoms with E-state index >= 15 is 0 Å². The highest BCUT2D eigenvalue weighted by Crippen LogP contribution is 2.46. The minimum Gasteiger partial charge on any atom is -0.493 e. The standard InChI is InChI=1S/C46H52ClFN6O9S/c1-46(2,3)38-19-26-18-37(36(60-4)21-29(26)33-22-35(55)30(44(57)58)23-54(33)38)63-15-9-7-6-8-12-49-42(56)34-25-62-16-14-53(34)24-32-39(45(59)61-5)40(28-11-10-27(48)20-31(28)47)52-41(51-32)43-50-13-17-64-43/h10-11,13,17-18,20-23,34,38,40H,6-9,12,14-16,19,24-25H2,1-5H3,(H,49,56)(H,51,52)(H,57,58)/t34-,38?,40-/m0/s1. The summed E-state index contributed by atoms with van der Waals surface area (Å²) >= 11 is 7.88. The molecule has 2 aromatic carbocycles. The van der Waals surface area contributed by atoms with Gasteiger partial charge in [0, 0.05) is 71.4 Å². The van der Waals surface area contributed by atoms with Gasteiger partial charge in [0.05, 0.1) is 45.3 Å². The number of ether oxygens (including phenoxy) is 4. The average Bonchev–Trinajstić information content (AvgIpc) is 3.81. The number of amidine groups is 1. The first-order valence-electron chi connectivity index (χ1n) is 21.1. The fraction of sp³-hybridized carbons (Fsp3) is 0.435. The molecule has 7 rings (SSSR count). The van der Waals surface area contributed by atoms with Crippen molar-refractivity contribution >= 4 is 46.6 Å². The van der Waals surface area contributed by atoms with Crippen LogP contribution in [0.4, 0.5) is 4.39 Å².